The Balaban J connectivity index is 2.55. The molecular weight excluding hydrogens is 232 g/mol. The minimum Gasteiger partial charge on any atom is -0.462 e. The molecule has 0 bridgehead atoms. The van der Waals surface area contributed by atoms with Gasteiger partial charge in [0.05, 0.1) is 6.61 Å². The van der Waals surface area contributed by atoms with E-state index in [4.69, 9.17) is 9.47 Å². The highest BCUT2D eigenvalue weighted by molar-refractivity contribution is 5.92. The minimum absolute atomic E-state index is 0.210. The lowest BCUT2D eigenvalue weighted by Crippen LogP contribution is -2.08. The van der Waals surface area contributed by atoms with Gasteiger partial charge in [0.2, 0.25) is 0 Å². The minimum atomic E-state index is -0.489. The molecule has 0 aromatic heterocycles. The van der Waals surface area contributed by atoms with Crippen LogP contribution in [0.25, 0.3) is 0 Å². The Morgan fingerprint density at radius 1 is 1.28 bits per heavy atom. The fraction of sp³-hybridized carbons (Fsp3) is 0.286. The van der Waals surface area contributed by atoms with E-state index in [1.807, 2.05) is 19.1 Å². The van der Waals surface area contributed by atoms with E-state index in [0.717, 1.165) is 6.42 Å². The number of para-hydroxylation sites is 1. The first kappa shape index (κ1) is 14.0. The van der Waals surface area contributed by atoms with Gasteiger partial charge >= 0.3 is 5.97 Å². The quantitative estimate of drug-likeness (QED) is 0.322. The molecule has 0 unspecified atom stereocenters. The molecule has 0 aliphatic rings. The fourth-order valence-corrected chi connectivity index (χ4v) is 1.37. The summed E-state index contributed by atoms with van der Waals surface area (Å²) < 4.78 is 9.78. The summed E-state index contributed by atoms with van der Waals surface area (Å²) >= 11 is 0. The van der Waals surface area contributed by atoms with Crippen LogP contribution in [0.4, 0.5) is 0 Å². The maximum absolute atomic E-state index is 11.7. The van der Waals surface area contributed by atoms with Crippen LogP contribution in [0.5, 0.6) is 5.75 Å². The van der Waals surface area contributed by atoms with Crippen LogP contribution < -0.4 is 4.74 Å². The number of carbonyl (C=O) groups excluding carboxylic acids is 2. The average molecular weight is 248 g/mol. The van der Waals surface area contributed by atoms with E-state index in [0.29, 0.717) is 13.0 Å². The summed E-state index contributed by atoms with van der Waals surface area (Å²) in [6.45, 7) is 2.64. The van der Waals surface area contributed by atoms with Crippen LogP contribution in [-0.2, 0) is 9.53 Å². The van der Waals surface area contributed by atoms with E-state index in [1.54, 1.807) is 24.3 Å². The predicted molar refractivity (Wildman–Crippen MR) is 67.5 cm³/mol. The molecule has 0 amide bonds. The Morgan fingerprint density at radius 2 is 2.06 bits per heavy atom. The second kappa shape index (κ2) is 8.06. The van der Waals surface area contributed by atoms with E-state index in [2.05, 4.69) is 0 Å². The Kier molecular flexibility index (Phi) is 6.25. The van der Waals surface area contributed by atoms with Crippen molar-refractivity contribution in [2.24, 2.45) is 0 Å². The maximum atomic E-state index is 11.7. The molecule has 0 radical (unpaired) electrons. The molecule has 4 heteroatoms. The van der Waals surface area contributed by atoms with Crippen LogP contribution in [0.1, 0.15) is 30.1 Å². The summed E-state index contributed by atoms with van der Waals surface area (Å²) in [5.74, 6) is -0.279. The molecule has 0 fully saturated rings. The van der Waals surface area contributed by atoms with Crippen LogP contribution in [0.15, 0.2) is 36.4 Å². The lowest BCUT2D eigenvalue weighted by atomic mass is 10.2. The normalized spacial score (nSPS) is 10.3. The molecule has 1 aromatic rings. The number of rotatable bonds is 7. The lowest BCUT2D eigenvalue weighted by molar-refractivity contribution is -0.120. The SMILES string of the molecule is CC/C=C\CCOC(=O)c1ccccc1OC=O. The van der Waals surface area contributed by atoms with Crippen molar-refractivity contribution in [3.8, 4) is 5.75 Å². The Hall–Kier alpha value is -2.10. The number of hydrogen-bond donors (Lipinski definition) is 0. The zero-order valence-corrected chi connectivity index (χ0v) is 10.3. The van der Waals surface area contributed by atoms with Gasteiger partial charge in [0.15, 0.2) is 0 Å². The van der Waals surface area contributed by atoms with Crippen LogP contribution >= 0.6 is 0 Å². The molecule has 0 N–H and O–H groups in total. The molecular formula is C14H16O4. The molecule has 0 saturated heterocycles. The number of hydrogen-bond acceptors (Lipinski definition) is 4. The van der Waals surface area contributed by atoms with E-state index in [1.165, 1.54) is 0 Å². The van der Waals surface area contributed by atoms with E-state index in [-0.39, 0.29) is 17.8 Å². The van der Waals surface area contributed by atoms with Gasteiger partial charge < -0.3 is 9.47 Å². The second-order valence-electron chi connectivity index (χ2n) is 3.51. The van der Waals surface area contributed by atoms with Gasteiger partial charge in [-0.25, -0.2) is 4.79 Å². The topological polar surface area (TPSA) is 52.6 Å². The molecule has 0 aliphatic carbocycles. The van der Waals surface area contributed by atoms with Gasteiger partial charge in [-0.1, -0.05) is 31.2 Å². The third-order valence-corrected chi connectivity index (χ3v) is 2.20. The van der Waals surface area contributed by atoms with Crippen molar-refractivity contribution < 1.29 is 19.1 Å². The van der Waals surface area contributed by atoms with Crippen LogP contribution in [0, 0.1) is 0 Å². The first-order chi connectivity index (χ1) is 8.79. The van der Waals surface area contributed by atoms with Gasteiger partial charge in [-0.3, -0.25) is 4.79 Å². The van der Waals surface area contributed by atoms with Crippen LogP contribution in [-0.4, -0.2) is 19.0 Å². The standard InChI is InChI=1S/C14H16O4/c1-2-3-4-7-10-17-14(16)12-8-5-6-9-13(12)18-11-15/h3-6,8-9,11H,2,7,10H2,1H3/b4-3-. The zero-order valence-electron chi connectivity index (χ0n) is 10.3. The molecule has 0 aliphatic heterocycles. The summed E-state index contributed by atoms with van der Waals surface area (Å²) in [7, 11) is 0. The first-order valence-corrected chi connectivity index (χ1v) is 5.81. The van der Waals surface area contributed by atoms with Gasteiger partial charge in [-0.2, -0.15) is 0 Å². The Labute approximate surface area is 106 Å². The lowest BCUT2D eigenvalue weighted by Gasteiger charge is -2.06. The third kappa shape index (κ3) is 4.41. The summed E-state index contributed by atoms with van der Waals surface area (Å²) in [4.78, 5) is 22.0. The summed E-state index contributed by atoms with van der Waals surface area (Å²) in [5.41, 5.74) is 0.254. The largest absolute Gasteiger partial charge is 0.462 e. The van der Waals surface area contributed by atoms with Gasteiger partial charge in [-0.15, -0.1) is 0 Å². The second-order valence-corrected chi connectivity index (χ2v) is 3.51. The van der Waals surface area contributed by atoms with Crippen molar-refractivity contribution in [1.82, 2.24) is 0 Å². The number of benzene rings is 1. The zero-order chi connectivity index (χ0) is 13.2. The smallest absolute Gasteiger partial charge is 0.341 e. The van der Waals surface area contributed by atoms with Gasteiger partial charge in [0.1, 0.15) is 11.3 Å². The molecule has 96 valence electrons. The number of allylic oxidation sites excluding steroid dienone is 1. The molecule has 4 nitrogen and oxygen atoms in total. The van der Waals surface area contributed by atoms with Crippen molar-refractivity contribution in [3.05, 3.63) is 42.0 Å². The molecule has 1 rings (SSSR count). The maximum Gasteiger partial charge on any atom is 0.341 e. The number of ether oxygens (including phenoxy) is 2. The van der Waals surface area contributed by atoms with Crippen molar-refractivity contribution in [3.63, 3.8) is 0 Å². The molecule has 0 saturated carbocycles. The predicted octanol–water partition coefficient (Wildman–Crippen LogP) is 2.73. The Morgan fingerprint density at radius 3 is 2.78 bits per heavy atom. The average Bonchev–Trinajstić information content (AvgIpc) is 2.39. The van der Waals surface area contributed by atoms with Crippen molar-refractivity contribution in [2.45, 2.75) is 19.8 Å². The van der Waals surface area contributed by atoms with Crippen molar-refractivity contribution in [2.75, 3.05) is 6.61 Å². The highest BCUT2D eigenvalue weighted by atomic mass is 16.5. The summed E-state index contributed by atoms with van der Waals surface area (Å²) in [5, 5.41) is 0. The molecule has 1 aromatic carbocycles. The molecule has 0 spiro atoms. The summed E-state index contributed by atoms with van der Waals surface area (Å²) in [6.07, 6.45) is 5.61. The molecule has 0 heterocycles. The molecule has 0 atom stereocenters. The third-order valence-electron chi connectivity index (χ3n) is 2.20. The van der Waals surface area contributed by atoms with Gasteiger partial charge in [0.25, 0.3) is 6.47 Å². The number of carbonyl (C=O) groups is 2. The van der Waals surface area contributed by atoms with Crippen molar-refractivity contribution in [1.29, 1.82) is 0 Å². The van der Waals surface area contributed by atoms with E-state index in [9.17, 15) is 9.59 Å². The first-order valence-electron chi connectivity index (χ1n) is 5.81. The summed E-state index contributed by atoms with van der Waals surface area (Å²) in [6, 6.07) is 6.47. The molecule has 18 heavy (non-hydrogen) atoms. The number of esters is 1. The van der Waals surface area contributed by atoms with Gasteiger partial charge in [-0.05, 0) is 25.0 Å². The highest BCUT2D eigenvalue weighted by Gasteiger charge is 2.12. The Bertz CT molecular complexity index is 424. The fourth-order valence-electron chi connectivity index (χ4n) is 1.37. The van der Waals surface area contributed by atoms with E-state index < -0.39 is 5.97 Å². The highest BCUT2D eigenvalue weighted by Crippen LogP contribution is 2.18. The van der Waals surface area contributed by atoms with Crippen LogP contribution in [0.3, 0.4) is 0 Å². The van der Waals surface area contributed by atoms with Crippen molar-refractivity contribution >= 4 is 12.4 Å². The monoisotopic (exact) mass is 248 g/mol. The van der Waals surface area contributed by atoms with Crippen LogP contribution in [0.2, 0.25) is 0 Å². The van der Waals surface area contributed by atoms with E-state index >= 15 is 0 Å². The van der Waals surface area contributed by atoms with Gasteiger partial charge in [0, 0.05) is 0 Å².